The van der Waals surface area contributed by atoms with Gasteiger partial charge in [0.1, 0.15) is 0 Å². The number of aliphatic imine (C=N–C) groups is 1. The second kappa shape index (κ2) is 9.40. The van der Waals surface area contributed by atoms with Gasteiger partial charge in [-0.1, -0.05) is 31.0 Å². The number of nitrogens with one attached hydrogen (secondary N) is 2. The van der Waals surface area contributed by atoms with Crippen molar-refractivity contribution in [3.05, 3.63) is 35.9 Å². The van der Waals surface area contributed by atoms with Gasteiger partial charge in [-0.25, -0.2) is 0 Å². The lowest BCUT2D eigenvalue weighted by Gasteiger charge is -2.26. The molecule has 5 nitrogen and oxygen atoms in total. The Morgan fingerprint density at radius 3 is 2.48 bits per heavy atom. The highest BCUT2D eigenvalue weighted by atomic mass is 127. The Balaban J connectivity index is 0.00000225. The molecule has 1 spiro atoms. The molecule has 6 heteroatoms. The minimum absolute atomic E-state index is 0. The average molecular weight is 456 g/mol. The minimum atomic E-state index is -0.0292. The van der Waals surface area contributed by atoms with Crippen LogP contribution in [0.4, 0.5) is 0 Å². The molecule has 1 saturated carbocycles. The van der Waals surface area contributed by atoms with E-state index >= 15 is 0 Å². The number of guanidine groups is 1. The molecule has 1 aromatic rings. The molecular weight excluding hydrogens is 427 g/mol. The number of nitrogens with zero attached hydrogens (tertiary/aromatic N) is 2. The van der Waals surface area contributed by atoms with E-state index < -0.39 is 0 Å². The quantitative estimate of drug-likeness (QED) is 0.317. The van der Waals surface area contributed by atoms with Crippen LogP contribution in [0.25, 0.3) is 0 Å². The molecule has 2 aliphatic rings. The van der Waals surface area contributed by atoms with Gasteiger partial charge in [0.15, 0.2) is 5.96 Å². The number of halogens is 1. The van der Waals surface area contributed by atoms with Crippen LogP contribution in [-0.2, 0) is 0 Å². The summed E-state index contributed by atoms with van der Waals surface area (Å²) in [4.78, 5) is 18.8. The molecule has 1 saturated heterocycles. The first-order chi connectivity index (χ1) is 11.7. The third kappa shape index (κ3) is 5.09. The van der Waals surface area contributed by atoms with E-state index in [0.717, 1.165) is 19.0 Å². The second-order valence-corrected chi connectivity index (χ2v) is 6.97. The Kier molecular flexibility index (Phi) is 7.53. The van der Waals surface area contributed by atoms with Gasteiger partial charge in [-0.05, 0) is 36.8 Å². The number of carbonyl (C=O) groups excluding carboxylic acids is 1. The normalized spacial score (nSPS) is 18.9. The van der Waals surface area contributed by atoms with Crippen molar-refractivity contribution >= 4 is 35.8 Å². The van der Waals surface area contributed by atoms with Crippen molar-refractivity contribution in [2.75, 3.05) is 33.2 Å². The van der Waals surface area contributed by atoms with E-state index in [1.54, 1.807) is 0 Å². The Labute approximate surface area is 167 Å². The molecule has 0 unspecified atom stereocenters. The number of benzene rings is 1. The van der Waals surface area contributed by atoms with Crippen LogP contribution < -0.4 is 10.6 Å². The lowest BCUT2D eigenvalue weighted by Crippen LogP contribution is -2.43. The molecule has 138 valence electrons. The summed E-state index contributed by atoms with van der Waals surface area (Å²) in [5, 5.41) is 6.33. The molecule has 1 amide bonds. The number of hydrogen-bond donors (Lipinski definition) is 2. The number of hydrogen-bond acceptors (Lipinski definition) is 2. The van der Waals surface area contributed by atoms with E-state index in [-0.39, 0.29) is 29.9 Å². The third-order valence-corrected chi connectivity index (χ3v) is 5.34. The van der Waals surface area contributed by atoms with E-state index in [1.807, 2.05) is 37.4 Å². The number of carbonyl (C=O) groups is 1. The predicted octanol–water partition coefficient (Wildman–Crippen LogP) is 2.88. The summed E-state index contributed by atoms with van der Waals surface area (Å²) in [7, 11) is 1.84. The highest BCUT2D eigenvalue weighted by Crippen LogP contribution is 2.45. The Hall–Kier alpha value is -1.31. The van der Waals surface area contributed by atoms with Gasteiger partial charge in [0.05, 0.1) is 0 Å². The van der Waals surface area contributed by atoms with Crippen molar-refractivity contribution < 1.29 is 4.79 Å². The molecule has 0 bridgehead atoms. The summed E-state index contributed by atoms with van der Waals surface area (Å²) >= 11 is 0. The zero-order valence-electron chi connectivity index (χ0n) is 15.0. The van der Waals surface area contributed by atoms with Gasteiger partial charge in [-0.3, -0.25) is 9.79 Å². The summed E-state index contributed by atoms with van der Waals surface area (Å²) in [5.41, 5.74) is 1.24. The fraction of sp³-hybridized carbons (Fsp3) is 0.579. The summed E-state index contributed by atoms with van der Waals surface area (Å²) in [6.45, 7) is 3.50. The fourth-order valence-corrected chi connectivity index (χ4v) is 4.02. The van der Waals surface area contributed by atoms with Crippen LogP contribution in [0.15, 0.2) is 35.3 Å². The first-order valence-electron chi connectivity index (χ1n) is 9.01. The van der Waals surface area contributed by atoms with Crippen molar-refractivity contribution in [3.63, 3.8) is 0 Å². The number of likely N-dealkylation sites (tertiary alicyclic amines) is 1. The van der Waals surface area contributed by atoms with Crippen LogP contribution >= 0.6 is 24.0 Å². The number of rotatable bonds is 4. The topological polar surface area (TPSA) is 56.7 Å². The van der Waals surface area contributed by atoms with Crippen molar-refractivity contribution in [2.45, 2.75) is 32.1 Å². The summed E-state index contributed by atoms with van der Waals surface area (Å²) < 4.78 is 0. The molecular formula is C19H29IN4O. The van der Waals surface area contributed by atoms with Crippen LogP contribution in [0.1, 0.15) is 42.5 Å². The van der Waals surface area contributed by atoms with Crippen LogP contribution in [0.2, 0.25) is 0 Å². The van der Waals surface area contributed by atoms with Crippen molar-refractivity contribution in [1.29, 1.82) is 0 Å². The highest BCUT2D eigenvalue weighted by molar-refractivity contribution is 14.0. The molecule has 0 atom stereocenters. The largest absolute Gasteiger partial charge is 0.354 e. The summed E-state index contributed by atoms with van der Waals surface area (Å²) in [6, 6.07) is 9.32. The summed E-state index contributed by atoms with van der Waals surface area (Å²) in [5.74, 6) is 0.936. The molecule has 1 aliphatic carbocycles. The van der Waals surface area contributed by atoms with Gasteiger partial charge in [-0.2, -0.15) is 0 Å². The van der Waals surface area contributed by atoms with Crippen molar-refractivity contribution in [2.24, 2.45) is 10.4 Å². The third-order valence-electron chi connectivity index (χ3n) is 5.34. The molecule has 25 heavy (non-hydrogen) atoms. The fourth-order valence-electron chi connectivity index (χ4n) is 4.02. The molecule has 1 heterocycles. The highest BCUT2D eigenvalue weighted by Gasteiger charge is 2.40. The molecule has 0 radical (unpaired) electrons. The lowest BCUT2D eigenvalue weighted by molar-refractivity contribution is 0.0954. The van der Waals surface area contributed by atoms with Crippen LogP contribution in [0.3, 0.4) is 0 Å². The molecule has 0 aromatic heterocycles. The van der Waals surface area contributed by atoms with Gasteiger partial charge >= 0.3 is 0 Å². The lowest BCUT2D eigenvalue weighted by atomic mass is 9.86. The van der Waals surface area contributed by atoms with Crippen molar-refractivity contribution in [3.8, 4) is 0 Å². The van der Waals surface area contributed by atoms with Gasteiger partial charge in [-0.15, -0.1) is 24.0 Å². The Morgan fingerprint density at radius 2 is 1.80 bits per heavy atom. The zero-order chi connectivity index (χ0) is 16.8. The van der Waals surface area contributed by atoms with Crippen LogP contribution in [0, 0.1) is 5.41 Å². The van der Waals surface area contributed by atoms with E-state index in [4.69, 9.17) is 0 Å². The molecule has 1 aliphatic heterocycles. The van der Waals surface area contributed by atoms with Gasteiger partial charge < -0.3 is 15.5 Å². The van der Waals surface area contributed by atoms with Crippen molar-refractivity contribution in [1.82, 2.24) is 15.5 Å². The maximum atomic E-state index is 12.0. The molecule has 3 rings (SSSR count). The van der Waals surface area contributed by atoms with E-state index in [2.05, 4.69) is 20.5 Å². The van der Waals surface area contributed by atoms with Gasteiger partial charge in [0.25, 0.3) is 5.91 Å². The second-order valence-electron chi connectivity index (χ2n) is 6.97. The minimum Gasteiger partial charge on any atom is -0.354 e. The van der Waals surface area contributed by atoms with E-state index in [0.29, 0.717) is 24.1 Å². The molecule has 1 aromatic carbocycles. The maximum Gasteiger partial charge on any atom is 0.251 e. The monoisotopic (exact) mass is 456 g/mol. The summed E-state index contributed by atoms with van der Waals surface area (Å²) in [6.07, 6.45) is 6.79. The van der Waals surface area contributed by atoms with Crippen LogP contribution in [0.5, 0.6) is 0 Å². The maximum absolute atomic E-state index is 12.0. The van der Waals surface area contributed by atoms with E-state index in [9.17, 15) is 4.79 Å². The predicted molar refractivity (Wildman–Crippen MR) is 113 cm³/mol. The Bertz CT molecular complexity index is 584. The zero-order valence-corrected chi connectivity index (χ0v) is 17.3. The SMILES string of the molecule is CN=C(NCCNC(=O)c1ccccc1)N1CCC2(CCCC2)C1.I. The first-order valence-corrected chi connectivity index (χ1v) is 9.01. The molecule has 2 N–H and O–H groups in total. The first kappa shape index (κ1) is 20.0. The smallest absolute Gasteiger partial charge is 0.251 e. The Morgan fingerprint density at radius 1 is 1.12 bits per heavy atom. The van der Waals surface area contributed by atoms with Gasteiger partial charge in [0, 0.05) is 38.8 Å². The molecule has 2 fully saturated rings. The van der Waals surface area contributed by atoms with Gasteiger partial charge in [0.2, 0.25) is 0 Å². The van der Waals surface area contributed by atoms with Crippen LogP contribution in [-0.4, -0.2) is 50.0 Å². The van der Waals surface area contributed by atoms with E-state index in [1.165, 1.54) is 32.1 Å². The standard InChI is InChI=1S/C19H28N4O.HI/c1-20-18(23-14-11-19(15-23)9-5-6-10-19)22-13-12-21-17(24)16-7-3-2-4-8-16;/h2-4,7-8H,5-6,9-15H2,1H3,(H,20,22)(H,21,24);1H. The number of amides is 1. The average Bonchev–Trinajstić information content (AvgIpc) is 3.26.